The van der Waals surface area contributed by atoms with Crippen molar-refractivity contribution in [2.45, 2.75) is 19.3 Å². The minimum Gasteiger partial charge on any atom is -0.505 e. The largest absolute Gasteiger partial charge is 0.505 e. The van der Waals surface area contributed by atoms with Gasteiger partial charge in [0.05, 0.1) is 9.39 Å². The predicted molar refractivity (Wildman–Crippen MR) is 86.2 cm³/mol. The predicted octanol–water partition coefficient (Wildman–Crippen LogP) is 2.02. The van der Waals surface area contributed by atoms with Gasteiger partial charge in [-0.25, -0.2) is 9.40 Å². The maximum atomic E-state index is 13.2. The molecule has 1 unspecified atom stereocenters. The SMILES string of the molecule is [2H]C1=C(C(O)=C2C(=O)CCCC2=O)NN(C)C([2H])N1c1ccc(F)cc1. The summed E-state index contributed by atoms with van der Waals surface area (Å²) in [5.74, 6) is -2.00. The lowest BCUT2D eigenvalue weighted by Gasteiger charge is -2.34. The Morgan fingerprint density at radius 3 is 2.54 bits per heavy atom. The Morgan fingerprint density at radius 2 is 1.92 bits per heavy atom. The highest BCUT2D eigenvalue weighted by Gasteiger charge is 2.30. The van der Waals surface area contributed by atoms with Crippen LogP contribution in [0.4, 0.5) is 10.1 Å². The number of anilines is 1. The molecule has 0 spiro atoms. The van der Waals surface area contributed by atoms with Crippen molar-refractivity contribution in [1.29, 1.82) is 0 Å². The van der Waals surface area contributed by atoms with Crippen LogP contribution < -0.4 is 10.3 Å². The van der Waals surface area contributed by atoms with Crippen molar-refractivity contribution in [3.05, 3.63) is 53.3 Å². The number of carbonyl (C=O) groups excluding carboxylic acids is 2. The molecule has 0 amide bonds. The fourth-order valence-electron chi connectivity index (χ4n) is 2.60. The van der Waals surface area contributed by atoms with Crippen molar-refractivity contribution in [3.8, 4) is 0 Å². The molecular formula is C17H18FN3O3. The van der Waals surface area contributed by atoms with Gasteiger partial charge in [0, 0.05) is 31.8 Å². The number of aliphatic hydroxyl groups is 1. The molecule has 1 aliphatic carbocycles. The first kappa shape index (κ1) is 13.7. The van der Waals surface area contributed by atoms with Crippen molar-refractivity contribution < 1.29 is 21.8 Å². The van der Waals surface area contributed by atoms with Gasteiger partial charge in [0.25, 0.3) is 0 Å². The third-order valence-corrected chi connectivity index (χ3v) is 3.75. The summed E-state index contributed by atoms with van der Waals surface area (Å²) in [6.45, 7) is -1.08. The number of Topliss-reactive ketones (excluding diaryl/α,β-unsaturated/α-hetero) is 2. The highest BCUT2D eigenvalue weighted by Crippen LogP contribution is 2.25. The van der Waals surface area contributed by atoms with Gasteiger partial charge in [-0.2, -0.15) is 0 Å². The average molecular weight is 333 g/mol. The highest BCUT2D eigenvalue weighted by atomic mass is 19.1. The Balaban J connectivity index is 2.11. The van der Waals surface area contributed by atoms with E-state index in [-0.39, 0.29) is 30.3 Å². The number of nitrogens with one attached hydrogen (secondary N) is 1. The molecule has 0 bridgehead atoms. The van der Waals surface area contributed by atoms with Gasteiger partial charge in [0.2, 0.25) is 0 Å². The minimum atomic E-state index is -1.08. The fraction of sp³-hybridized carbons (Fsp3) is 0.294. The van der Waals surface area contributed by atoms with Crippen LogP contribution in [0.5, 0.6) is 0 Å². The summed E-state index contributed by atoms with van der Waals surface area (Å²) in [4.78, 5) is 25.4. The van der Waals surface area contributed by atoms with Crippen LogP contribution in [0, 0.1) is 5.82 Å². The van der Waals surface area contributed by atoms with Gasteiger partial charge in [-0.15, -0.1) is 0 Å². The van der Waals surface area contributed by atoms with Crippen molar-refractivity contribution in [3.63, 3.8) is 0 Å². The number of rotatable bonds is 2. The molecule has 126 valence electrons. The van der Waals surface area contributed by atoms with E-state index in [9.17, 15) is 19.1 Å². The summed E-state index contributed by atoms with van der Waals surface area (Å²) in [6, 6.07) is 5.21. The van der Waals surface area contributed by atoms with E-state index >= 15 is 0 Å². The van der Waals surface area contributed by atoms with E-state index in [4.69, 9.17) is 2.74 Å². The third-order valence-electron chi connectivity index (χ3n) is 3.75. The minimum absolute atomic E-state index is 0.154. The van der Waals surface area contributed by atoms with E-state index < -0.39 is 29.8 Å². The van der Waals surface area contributed by atoms with Crippen molar-refractivity contribution in [2.75, 3.05) is 18.6 Å². The van der Waals surface area contributed by atoms with E-state index in [1.165, 1.54) is 41.2 Å². The quantitative estimate of drug-likeness (QED) is 0.490. The summed E-state index contributed by atoms with van der Waals surface area (Å²) in [7, 11) is 1.52. The number of hydrazine groups is 1. The topological polar surface area (TPSA) is 72.9 Å². The lowest BCUT2D eigenvalue weighted by molar-refractivity contribution is -0.124. The number of nitrogens with zero attached hydrogens (tertiary/aromatic N) is 2. The number of carbonyl (C=O) groups is 2. The fourth-order valence-corrected chi connectivity index (χ4v) is 2.60. The molecule has 1 aromatic rings. The molecule has 2 aliphatic rings. The van der Waals surface area contributed by atoms with Crippen molar-refractivity contribution in [1.82, 2.24) is 10.4 Å². The number of benzene rings is 1. The van der Waals surface area contributed by atoms with Crippen LogP contribution in [0.2, 0.25) is 0 Å². The van der Waals surface area contributed by atoms with Crippen molar-refractivity contribution in [2.24, 2.45) is 0 Å². The second-order valence-electron chi connectivity index (χ2n) is 5.59. The Bertz CT molecular complexity index is 805. The first-order valence-electron chi connectivity index (χ1n) is 8.56. The van der Waals surface area contributed by atoms with E-state index in [1.807, 2.05) is 0 Å². The second kappa shape index (κ2) is 6.45. The molecule has 1 aliphatic heterocycles. The monoisotopic (exact) mass is 333 g/mol. The van der Waals surface area contributed by atoms with Gasteiger partial charge in [0.15, 0.2) is 17.3 Å². The molecular weight excluding hydrogens is 313 g/mol. The van der Waals surface area contributed by atoms with Gasteiger partial charge in [-0.3, -0.25) is 9.59 Å². The first-order valence-corrected chi connectivity index (χ1v) is 7.48. The van der Waals surface area contributed by atoms with Crippen LogP contribution in [0.15, 0.2) is 47.5 Å². The van der Waals surface area contributed by atoms with Crippen LogP contribution in [0.25, 0.3) is 0 Å². The van der Waals surface area contributed by atoms with E-state index in [0.717, 1.165) is 0 Å². The number of hydrogen-bond acceptors (Lipinski definition) is 6. The normalized spacial score (nSPS) is 23.8. The highest BCUT2D eigenvalue weighted by molar-refractivity contribution is 6.22. The molecule has 1 fully saturated rings. The van der Waals surface area contributed by atoms with Gasteiger partial charge in [0.1, 0.15) is 17.1 Å². The van der Waals surface area contributed by atoms with Crippen LogP contribution in [-0.4, -0.2) is 35.4 Å². The lowest BCUT2D eigenvalue weighted by Crippen LogP contribution is -2.46. The summed E-state index contributed by atoms with van der Waals surface area (Å²) in [6.07, 6.45) is 0.450. The number of hydrogen-bond donors (Lipinski definition) is 2. The summed E-state index contributed by atoms with van der Waals surface area (Å²) >= 11 is 0. The Kier molecular flexibility index (Phi) is 3.69. The number of halogens is 1. The molecule has 1 aromatic carbocycles. The van der Waals surface area contributed by atoms with Crippen LogP contribution in [0.1, 0.15) is 22.0 Å². The summed E-state index contributed by atoms with van der Waals surface area (Å²) in [5.41, 5.74) is 2.56. The molecule has 7 heteroatoms. The molecule has 0 saturated heterocycles. The standard InChI is InChI=1S/C17H18FN3O3/c1-20-10-21(12-7-5-11(18)6-8-12)9-13(19-20)17(24)16-14(22)3-2-4-15(16)23/h5-9,19,24H,2-4,10H2,1H3/i9D,10D. The molecule has 2 N–H and O–H groups in total. The smallest absolute Gasteiger partial charge is 0.170 e. The molecule has 1 saturated carbocycles. The maximum Gasteiger partial charge on any atom is 0.170 e. The zero-order valence-electron chi connectivity index (χ0n) is 15.0. The number of ketones is 2. The molecule has 0 aromatic heterocycles. The maximum absolute atomic E-state index is 13.2. The molecule has 24 heavy (non-hydrogen) atoms. The van der Waals surface area contributed by atoms with Gasteiger partial charge in [-0.1, -0.05) is 0 Å². The van der Waals surface area contributed by atoms with Crippen LogP contribution in [-0.2, 0) is 9.59 Å². The third kappa shape index (κ3) is 3.16. The molecule has 6 nitrogen and oxygen atoms in total. The van der Waals surface area contributed by atoms with E-state index in [1.54, 1.807) is 0 Å². The Morgan fingerprint density at radius 1 is 1.29 bits per heavy atom. The summed E-state index contributed by atoms with van der Waals surface area (Å²) < 4.78 is 29.8. The van der Waals surface area contributed by atoms with E-state index in [2.05, 4.69) is 5.43 Å². The van der Waals surface area contributed by atoms with Gasteiger partial charge < -0.3 is 15.4 Å². The molecule has 0 radical (unpaired) electrons. The second-order valence-corrected chi connectivity index (χ2v) is 5.59. The lowest BCUT2D eigenvalue weighted by atomic mass is 9.90. The zero-order chi connectivity index (χ0) is 19.0. The molecule has 3 rings (SSSR count). The number of allylic oxidation sites excluding steroid dienone is 1. The number of aliphatic hydroxyl groups excluding tert-OH is 1. The van der Waals surface area contributed by atoms with Crippen LogP contribution >= 0.6 is 0 Å². The van der Waals surface area contributed by atoms with E-state index in [0.29, 0.717) is 12.1 Å². The van der Waals surface area contributed by atoms with Gasteiger partial charge in [-0.05, 0) is 30.7 Å². The van der Waals surface area contributed by atoms with Crippen LogP contribution in [0.3, 0.4) is 0 Å². The Labute approximate surface area is 141 Å². The Hall–Kier alpha value is -2.67. The van der Waals surface area contributed by atoms with Gasteiger partial charge >= 0.3 is 0 Å². The average Bonchev–Trinajstić information content (AvgIpc) is 2.59. The van der Waals surface area contributed by atoms with Crippen molar-refractivity contribution >= 4 is 17.3 Å². The molecule has 1 heterocycles. The zero-order valence-corrected chi connectivity index (χ0v) is 13.0. The first-order chi connectivity index (χ1) is 12.3. The molecule has 1 atom stereocenters. The summed E-state index contributed by atoms with van der Waals surface area (Å²) in [5, 5.41) is 11.8.